The zero-order valence-corrected chi connectivity index (χ0v) is 8.19. The summed E-state index contributed by atoms with van der Waals surface area (Å²) in [6.07, 6.45) is 0. The van der Waals surface area contributed by atoms with Gasteiger partial charge in [0.2, 0.25) is 0 Å². The molecular weight excluding hydrogens is 117 g/mol. The van der Waals surface area contributed by atoms with E-state index in [1.165, 1.54) is 4.90 Å². The number of amides is 1. The Labute approximate surface area is 86.7 Å². The van der Waals surface area contributed by atoms with Crippen LogP contribution in [0.2, 0.25) is 0 Å². The molecule has 2 nitrogen and oxygen atoms in total. The molecule has 0 aliphatic heterocycles. The molecule has 1 amide bonds. The Morgan fingerprint density at radius 3 is 1.71 bits per heavy atom. The van der Waals surface area contributed by atoms with Crippen molar-refractivity contribution in [2.75, 3.05) is 14.1 Å². The third-order valence-corrected chi connectivity index (χ3v) is 0.499. The Morgan fingerprint density at radius 2 is 1.71 bits per heavy atom. The summed E-state index contributed by atoms with van der Waals surface area (Å²) >= 11 is 0. The third kappa shape index (κ3) is 6.98. The molecule has 0 aromatic heterocycles. The van der Waals surface area contributed by atoms with Gasteiger partial charge in [0.25, 0.3) is 0 Å². The first kappa shape index (κ1) is 10.9. The van der Waals surface area contributed by atoms with Gasteiger partial charge in [0.05, 0.1) is 5.91 Å². The molecule has 0 radical (unpaired) electrons. The van der Waals surface area contributed by atoms with Gasteiger partial charge in [0.1, 0.15) is 0 Å². The van der Waals surface area contributed by atoms with Crippen LogP contribution in [-0.2, 0) is 4.79 Å². The first-order chi connectivity index (χ1) is 2.64. The molecule has 0 N–H and O–H groups in total. The largest absolute Gasteiger partial charge is 1.00 e. The number of nitrogens with zero attached hydrogens (tertiary/aromatic N) is 1. The van der Waals surface area contributed by atoms with Crippen molar-refractivity contribution in [3.05, 3.63) is 6.92 Å². The third-order valence-electron chi connectivity index (χ3n) is 0.499. The molecule has 0 saturated carbocycles. The van der Waals surface area contributed by atoms with E-state index in [0.717, 1.165) is 0 Å². The van der Waals surface area contributed by atoms with Gasteiger partial charge in [-0.1, -0.05) is 0 Å². The molecule has 0 bridgehead atoms. The number of hydrogen-bond acceptors (Lipinski definition) is 1. The van der Waals surface area contributed by atoms with Crippen LogP contribution in [-0.4, -0.2) is 24.9 Å². The molecule has 0 aliphatic rings. The maximum Gasteiger partial charge on any atom is 1.00 e. The minimum atomic E-state index is -0.157. The Morgan fingerprint density at radius 1 is 1.57 bits per heavy atom. The van der Waals surface area contributed by atoms with Crippen molar-refractivity contribution in [2.24, 2.45) is 0 Å². The Bertz CT molecular complexity index is 62.7. The zero-order chi connectivity index (χ0) is 5.15. The number of hydrogen-bond donors (Lipinski definition) is 0. The Hall–Kier alpha value is 0.976. The summed E-state index contributed by atoms with van der Waals surface area (Å²) in [7, 11) is 3.32. The summed E-state index contributed by atoms with van der Waals surface area (Å²) in [5.41, 5.74) is 0. The fourth-order valence-electron chi connectivity index (χ4n) is 0. The normalized spacial score (nSPS) is 6.57. The van der Waals surface area contributed by atoms with Crippen LogP contribution in [0, 0.1) is 6.92 Å². The van der Waals surface area contributed by atoms with E-state index >= 15 is 0 Å². The quantitative estimate of drug-likeness (QED) is 0.248. The smallest absolute Gasteiger partial charge is 0.374 e. The van der Waals surface area contributed by atoms with Gasteiger partial charge in [0.15, 0.2) is 0 Å². The van der Waals surface area contributed by atoms with Crippen LogP contribution in [0.1, 0.15) is 0 Å². The fraction of sp³-hybridized carbons (Fsp3) is 0.500. The second-order valence-corrected chi connectivity index (χ2v) is 1.29. The molecule has 0 fully saturated rings. The van der Waals surface area contributed by atoms with E-state index in [-0.39, 0.29) is 57.3 Å². The molecule has 3 heteroatoms. The molecule has 0 aliphatic carbocycles. The standard InChI is InChI=1S/C4H8NO.K/c1-4(6)5(2)3;/h1H2,2-3H3;/q-1;+1. The molecule has 0 heterocycles. The second-order valence-electron chi connectivity index (χ2n) is 1.29. The summed E-state index contributed by atoms with van der Waals surface area (Å²) in [4.78, 5) is 11.4. The summed E-state index contributed by atoms with van der Waals surface area (Å²) in [5.74, 6) is -0.157. The summed E-state index contributed by atoms with van der Waals surface area (Å²) in [6.45, 7) is 3.12. The monoisotopic (exact) mass is 125 g/mol. The molecule has 0 atom stereocenters. The number of rotatable bonds is 0. The predicted octanol–water partition coefficient (Wildman–Crippen LogP) is -3.09. The first-order valence-corrected chi connectivity index (χ1v) is 1.68. The zero-order valence-electron chi connectivity index (χ0n) is 5.06. The van der Waals surface area contributed by atoms with Crippen molar-refractivity contribution in [1.82, 2.24) is 4.90 Å². The van der Waals surface area contributed by atoms with E-state index in [2.05, 4.69) is 6.92 Å². The molecule has 7 heavy (non-hydrogen) atoms. The summed E-state index contributed by atoms with van der Waals surface area (Å²) < 4.78 is 0. The maximum atomic E-state index is 9.96. The van der Waals surface area contributed by atoms with E-state index in [0.29, 0.717) is 0 Å². The Kier molecular flexibility index (Phi) is 7.95. The van der Waals surface area contributed by atoms with Crippen molar-refractivity contribution in [2.45, 2.75) is 0 Å². The predicted molar refractivity (Wildman–Crippen MR) is 24.1 cm³/mol. The van der Waals surface area contributed by atoms with Gasteiger partial charge < -0.3 is 16.6 Å². The Balaban J connectivity index is 0. The van der Waals surface area contributed by atoms with Crippen LogP contribution in [0.25, 0.3) is 0 Å². The summed E-state index contributed by atoms with van der Waals surface area (Å²) in [5, 5.41) is 0. The first-order valence-electron chi connectivity index (χ1n) is 1.68. The van der Waals surface area contributed by atoms with E-state index in [4.69, 9.17) is 0 Å². The number of carbonyl (C=O) groups excluding carboxylic acids is 1. The molecule has 0 spiro atoms. The van der Waals surface area contributed by atoms with Crippen LogP contribution >= 0.6 is 0 Å². The second kappa shape index (κ2) is 5.12. The van der Waals surface area contributed by atoms with Gasteiger partial charge in [-0.05, 0) is 0 Å². The van der Waals surface area contributed by atoms with Gasteiger partial charge in [0, 0.05) is 14.1 Å². The van der Waals surface area contributed by atoms with Gasteiger partial charge in [-0.15, -0.1) is 0 Å². The molecular formula is C4H8KNO. The van der Waals surface area contributed by atoms with E-state index < -0.39 is 0 Å². The average Bonchev–Trinajstić information content (AvgIpc) is 1.36. The van der Waals surface area contributed by atoms with E-state index in [9.17, 15) is 4.79 Å². The van der Waals surface area contributed by atoms with Crippen LogP contribution in [0.15, 0.2) is 0 Å². The molecule has 0 aromatic rings. The minimum Gasteiger partial charge on any atom is -0.374 e. The SMILES string of the molecule is [CH2-]C(=O)N(C)C.[K+]. The van der Waals surface area contributed by atoms with Crippen molar-refractivity contribution in [3.8, 4) is 0 Å². The van der Waals surface area contributed by atoms with Crippen LogP contribution in [0.4, 0.5) is 0 Å². The number of carbonyl (C=O) groups is 1. The molecule has 0 aromatic carbocycles. The van der Waals surface area contributed by atoms with Crippen molar-refractivity contribution in [1.29, 1.82) is 0 Å². The molecule has 0 saturated heterocycles. The average molecular weight is 125 g/mol. The van der Waals surface area contributed by atoms with Gasteiger partial charge in [-0.2, -0.15) is 0 Å². The van der Waals surface area contributed by atoms with Gasteiger partial charge in [-0.25, -0.2) is 0 Å². The van der Waals surface area contributed by atoms with Crippen LogP contribution < -0.4 is 51.4 Å². The van der Waals surface area contributed by atoms with Crippen molar-refractivity contribution in [3.63, 3.8) is 0 Å². The fourth-order valence-corrected chi connectivity index (χ4v) is 0. The van der Waals surface area contributed by atoms with E-state index in [1.54, 1.807) is 14.1 Å². The van der Waals surface area contributed by atoms with Gasteiger partial charge in [-0.3, -0.25) is 0 Å². The topological polar surface area (TPSA) is 20.3 Å². The van der Waals surface area contributed by atoms with E-state index in [1.807, 2.05) is 0 Å². The van der Waals surface area contributed by atoms with Gasteiger partial charge >= 0.3 is 51.4 Å². The van der Waals surface area contributed by atoms with Crippen molar-refractivity contribution >= 4 is 5.91 Å². The van der Waals surface area contributed by atoms with Crippen molar-refractivity contribution < 1.29 is 56.2 Å². The maximum absolute atomic E-state index is 9.96. The molecule has 0 unspecified atom stereocenters. The van der Waals surface area contributed by atoms with Crippen LogP contribution in [0.5, 0.6) is 0 Å². The summed E-state index contributed by atoms with van der Waals surface area (Å²) in [6, 6.07) is 0. The minimum absolute atomic E-state index is 0. The molecule has 0 rings (SSSR count). The molecule has 36 valence electrons. The van der Waals surface area contributed by atoms with Crippen LogP contribution in [0.3, 0.4) is 0 Å².